The highest BCUT2D eigenvalue weighted by atomic mass is 35.5. The van der Waals surface area contributed by atoms with Crippen molar-refractivity contribution in [2.45, 2.75) is 27.2 Å². The van der Waals surface area contributed by atoms with Gasteiger partial charge in [0.25, 0.3) is 5.91 Å². The van der Waals surface area contributed by atoms with E-state index in [2.05, 4.69) is 23.9 Å². The van der Waals surface area contributed by atoms with E-state index >= 15 is 0 Å². The number of aromatic nitrogens is 1. The summed E-state index contributed by atoms with van der Waals surface area (Å²) in [5.41, 5.74) is 0.565. The topological polar surface area (TPSA) is 49.6 Å². The SMILES string of the molecule is Cc1onc(-c2c(F)cccc2Cl)c1C(=O)N1CCN(CCC(C)C)CC1. The standard InChI is InChI=1S/C20H25ClFN3O2/c1-13(2)7-8-24-9-11-25(12-10-24)20(26)17-14(3)27-23-19(17)18-15(21)5-4-6-16(18)22/h4-6,13H,7-12H2,1-3H3. The lowest BCUT2D eigenvalue weighted by Crippen LogP contribution is -2.49. The van der Waals surface area contributed by atoms with Crippen LogP contribution in [0.2, 0.25) is 5.02 Å². The second kappa shape index (κ2) is 8.40. The normalized spacial score (nSPS) is 15.6. The van der Waals surface area contributed by atoms with E-state index in [1.165, 1.54) is 12.1 Å². The van der Waals surface area contributed by atoms with Gasteiger partial charge in [0.05, 0.1) is 10.6 Å². The summed E-state index contributed by atoms with van der Waals surface area (Å²) in [6.07, 6.45) is 1.15. The maximum atomic E-state index is 14.3. The number of nitrogens with zero attached hydrogens (tertiary/aromatic N) is 3. The smallest absolute Gasteiger partial charge is 0.259 e. The molecule has 1 saturated heterocycles. The van der Waals surface area contributed by atoms with Gasteiger partial charge in [0, 0.05) is 26.2 Å². The lowest BCUT2D eigenvalue weighted by Gasteiger charge is -2.35. The molecule has 0 saturated carbocycles. The molecule has 0 spiro atoms. The third-order valence-electron chi connectivity index (χ3n) is 4.96. The maximum Gasteiger partial charge on any atom is 0.259 e. The Bertz CT molecular complexity index is 793. The van der Waals surface area contributed by atoms with Crippen LogP contribution in [0.15, 0.2) is 22.7 Å². The fraction of sp³-hybridized carbons (Fsp3) is 0.500. The molecule has 1 fully saturated rings. The average Bonchev–Trinajstić information content (AvgIpc) is 3.01. The second-order valence-electron chi connectivity index (χ2n) is 7.38. The maximum absolute atomic E-state index is 14.3. The predicted octanol–water partition coefficient (Wildman–Crippen LogP) is 4.25. The zero-order chi connectivity index (χ0) is 19.6. The van der Waals surface area contributed by atoms with Crippen molar-refractivity contribution < 1.29 is 13.7 Å². The monoisotopic (exact) mass is 393 g/mol. The van der Waals surface area contributed by atoms with Crippen LogP contribution in [0, 0.1) is 18.7 Å². The van der Waals surface area contributed by atoms with E-state index in [4.69, 9.17) is 16.1 Å². The number of carbonyl (C=O) groups is 1. The minimum Gasteiger partial charge on any atom is -0.360 e. The number of amides is 1. The Kier molecular flexibility index (Phi) is 6.17. The van der Waals surface area contributed by atoms with Crippen molar-refractivity contribution in [2.24, 2.45) is 5.92 Å². The first-order chi connectivity index (χ1) is 12.9. The fourth-order valence-electron chi connectivity index (χ4n) is 3.29. The van der Waals surface area contributed by atoms with Crippen LogP contribution in [0.3, 0.4) is 0 Å². The molecule has 0 unspecified atom stereocenters. The number of halogens is 2. The molecule has 1 aliphatic heterocycles. The van der Waals surface area contributed by atoms with E-state index in [0.29, 0.717) is 24.8 Å². The van der Waals surface area contributed by atoms with Gasteiger partial charge in [-0.2, -0.15) is 0 Å². The average molecular weight is 394 g/mol. The van der Waals surface area contributed by atoms with Crippen molar-refractivity contribution >= 4 is 17.5 Å². The molecule has 146 valence electrons. The molecular formula is C20H25ClFN3O2. The van der Waals surface area contributed by atoms with Gasteiger partial charge in [0.15, 0.2) is 0 Å². The zero-order valence-electron chi connectivity index (χ0n) is 16.0. The second-order valence-corrected chi connectivity index (χ2v) is 7.78. The first kappa shape index (κ1) is 19.8. The largest absolute Gasteiger partial charge is 0.360 e. The number of hydrogen-bond donors (Lipinski definition) is 0. The minimum atomic E-state index is -0.525. The summed E-state index contributed by atoms with van der Waals surface area (Å²) < 4.78 is 19.6. The van der Waals surface area contributed by atoms with Gasteiger partial charge < -0.3 is 9.42 Å². The van der Waals surface area contributed by atoms with Crippen molar-refractivity contribution in [1.29, 1.82) is 0 Å². The quantitative estimate of drug-likeness (QED) is 0.762. The van der Waals surface area contributed by atoms with Crippen LogP contribution in [0.5, 0.6) is 0 Å². The summed E-state index contributed by atoms with van der Waals surface area (Å²) in [6.45, 7) is 10.1. The van der Waals surface area contributed by atoms with Crippen molar-refractivity contribution in [3.63, 3.8) is 0 Å². The van der Waals surface area contributed by atoms with Crippen molar-refractivity contribution in [1.82, 2.24) is 15.0 Å². The Hall–Kier alpha value is -1.92. The third-order valence-corrected chi connectivity index (χ3v) is 5.27. The number of rotatable bonds is 5. The number of aryl methyl sites for hydroxylation is 1. The molecule has 2 heterocycles. The van der Waals surface area contributed by atoms with Gasteiger partial charge in [-0.3, -0.25) is 9.69 Å². The number of piperazine rings is 1. The van der Waals surface area contributed by atoms with E-state index in [0.717, 1.165) is 26.1 Å². The molecule has 1 aromatic carbocycles. The zero-order valence-corrected chi connectivity index (χ0v) is 16.7. The van der Waals surface area contributed by atoms with E-state index in [1.54, 1.807) is 17.9 Å². The number of benzene rings is 1. The first-order valence-corrected chi connectivity index (χ1v) is 9.68. The van der Waals surface area contributed by atoms with E-state index in [-0.39, 0.29) is 27.8 Å². The molecule has 5 nitrogen and oxygen atoms in total. The first-order valence-electron chi connectivity index (χ1n) is 9.30. The Morgan fingerprint density at radius 1 is 1.30 bits per heavy atom. The van der Waals surface area contributed by atoms with Gasteiger partial charge >= 0.3 is 0 Å². The summed E-state index contributed by atoms with van der Waals surface area (Å²) in [6, 6.07) is 4.39. The van der Waals surface area contributed by atoms with Gasteiger partial charge in [0.1, 0.15) is 22.8 Å². The van der Waals surface area contributed by atoms with Crippen LogP contribution in [-0.2, 0) is 0 Å². The molecule has 0 aliphatic carbocycles. The molecular weight excluding hydrogens is 369 g/mol. The van der Waals surface area contributed by atoms with Gasteiger partial charge in [-0.05, 0) is 37.9 Å². The summed E-state index contributed by atoms with van der Waals surface area (Å²) in [7, 11) is 0. The summed E-state index contributed by atoms with van der Waals surface area (Å²) in [5.74, 6) is 0.323. The lowest BCUT2D eigenvalue weighted by atomic mass is 10.0. The molecule has 1 aliphatic rings. The van der Waals surface area contributed by atoms with Crippen LogP contribution < -0.4 is 0 Å². The van der Waals surface area contributed by atoms with Crippen LogP contribution in [-0.4, -0.2) is 53.6 Å². The summed E-state index contributed by atoms with van der Waals surface area (Å²) >= 11 is 6.16. The van der Waals surface area contributed by atoms with E-state index < -0.39 is 5.82 Å². The molecule has 0 N–H and O–H groups in total. The molecule has 1 aromatic heterocycles. The molecule has 2 aromatic rings. The highest BCUT2D eigenvalue weighted by Gasteiger charge is 2.30. The summed E-state index contributed by atoms with van der Waals surface area (Å²) in [4.78, 5) is 17.3. The molecule has 27 heavy (non-hydrogen) atoms. The number of carbonyl (C=O) groups excluding carboxylic acids is 1. The van der Waals surface area contributed by atoms with Gasteiger partial charge in [-0.15, -0.1) is 0 Å². The predicted molar refractivity (Wildman–Crippen MR) is 103 cm³/mol. The molecule has 3 rings (SSSR count). The fourth-order valence-corrected chi connectivity index (χ4v) is 3.54. The van der Waals surface area contributed by atoms with E-state index in [9.17, 15) is 9.18 Å². The lowest BCUT2D eigenvalue weighted by molar-refractivity contribution is 0.0631. The van der Waals surface area contributed by atoms with Crippen LogP contribution in [0.25, 0.3) is 11.3 Å². The molecule has 1 amide bonds. The highest BCUT2D eigenvalue weighted by Crippen LogP contribution is 2.34. The Morgan fingerprint density at radius 2 is 2.00 bits per heavy atom. The Labute approximate surface area is 164 Å². The summed E-state index contributed by atoms with van der Waals surface area (Å²) in [5, 5.41) is 4.13. The third kappa shape index (κ3) is 4.33. The van der Waals surface area contributed by atoms with Gasteiger partial charge in [0.2, 0.25) is 0 Å². The van der Waals surface area contributed by atoms with Crippen LogP contribution in [0.4, 0.5) is 4.39 Å². The highest BCUT2D eigenvalue weighted by molar-refractivity contribution is 6.33. The van der Waals surface area contributed by atoms with E-state index in [1.807, 2.05) is 0 Å². The molecule has 0 bridgehead atoms. The van der Waals surface area contributed by atoms with Gasteiger partial charge in [-0.25, -0.2) is 4.39 Å². The van der Waals surface area contributed by atoms with Crippen molar-refractivity contribution in [3.05, 3.63) is 40.4 Å². The Morgan fingerprint density at radius 3 is 2.63 bits per heavy atom. The minimum absolute atomic E-state index is 0.106. The van der Waals surface area contributed by atoms with Crippen molar-refractivity contribution in [2.75, 3.05) is 32.7 Å². The molecule has 0 atom stereocenters. The van der Waals surface area contributed by atoms with Crippen molar-refractivity contribution in [3.8, 4) is 11.3 Å². The number of hydrogen-bond acceptors (Lipinski definition) is 4. The van der Waals surface area contributed by atoms with Gasteiger partial charge in [-0.1, -0.05) is 36.7 Å². The Balaban J connectivity index is 1.78. The van der Waals surface area contributed by atoms with Crippen LogP contribution in [0.1, 0.15) is 36.4 Å². The van der Waals surface area contributed by atoms with Crippen LogP contribution >= 0.6 is 11.6 Å². The molecule has 0 radical (unpaired) electrons. The molecule has 7 heteroatoms.